The molecule has 3 N–H and O–H groups in total. The lowest BCUT2D eigenvalue weighted by Gasteiger charge is -2.35. The number of amides is 2. The van der Waals surface area contributed by atoms with Crippen molar-refractivity contribution in [3.8, 4) is 38.7 Å². The van der Waals surface area contributed by atoms with E-state index < -0.39 is 18.1 Å². The minimum atomic E-state index is -0.839. The Labute approximate surface area is 366 Å². The number of aromatic hydroxyl groups is 1. The highest BCUT2D eigenvalue weighted by Crippen LogP contribution is 2.37. The van der Waals surface area contributed by atoms with Gasteiger partial charge in [0, 0.05) is 74.8 Å². The van der Waals surface area contributed by atoms with E-state index in [0.717, 1.165) is 63.1 Å². The van der Waals surface area contributed by atoms with Gasteiger partial charge in [-0.15, -0.1) is 32.9 Å². The van der Waals surface area contributed by atoms with Gasteiger partial charge in [0.1, 0.15) is 34.7 Å². The maximum absolute atomic E-state index is 14.3. The summed E-state index contributed by atoms with van der Waals surface area (Å²) in [6, 6.07) is 19.8. The third kappa shape index (κ3) is 8.22. The number of aryl methyl sites for hydroxylation is 1. The molecule has 7 heterocycles. The number of hydrogen-bond donors (Lipinski definition) is 3. The molecule has 62 heavy (non-hydrogen) atoms. The van der Waals surface area contributed by atoms with E-state index in [1.807, 2.05) is 75.7 Å². The number of aliphatic hydroxyl groups excluding tert-OH is 1. The zero-order chi connectivity index (χ0) is 43.1. The summed E-state index contributed by atoms with van der Waals surface area (Å²) in [7, 11) is 0. The maximum Gasteiger partial charge on any atom is 0.243 e. The number of likely N-dealkylation sites (tertiary alicyclic amines) is 1. The smallest absolute Gasteiger partial charge is 0.243 e. The van der Waals surface area contributed by atoms with Crippen LogP contribution in [-0.4, -0.2) is 102 Å². The molecule has 0 bridgehead atoms. The highest BCUT2D eigenvalue weighted by Gasteiger charge is 2.43. The standard InChI is InChI=1S/C45H46N10O5S2/c1-25(2)41(44(59)55-23-31(56)17-36(55)43(58)49-26(3)28-9-11-29(12-10-28)42-27(4)48-24-61-42)38-18-33(52-60-38)30-21-46-45(47-22-30)54-15-13-53(14-16-54)40-20-35-39(62-40)19-34(50-51-35)32-7-5-6-8-37(32)57/h5-12,18-22,24-26,31,36,41,56-57H,13-17,23H2,1-4H3,(H,49,58)/t26-,31+,36-,41?/m0/s1. The van der Waals surface area contributed by atoms with Crippen LogP contribution in [0.2, 0.25) is 0 Å². The average molecular weight is 871 g/mol. The summed E-state index contributed by atoms with van der Waals surface area (Å²) in [5.41, 5.74) is 8.04. The lowest BCUT2D eigenvalue weighted by atomic mass is 9.91. The lowest BCUT2D eigenvalue weighted by Crippen LogP contribution is -2.48. The van der Waals surface area contributed by atoms with Crippen LogP contribution in [0.1, 0.15) is 56.2 Å². The fourth-order valence-electron chi connectivity index (χ4n) is 8.23. The van der Waals surface area contributed by atoms with Gasteiger partial charge in [-0.1, -0.05) is 55.4 Å². The normalized spacial score (nSPS) is 17.8. The summed E-state index contributed by atoms with van der Waals surface area (Å²) < 4.78 is 6.82. The van der Waals surface area contributed by atoms with Crippen LogP contribution in [0.3, 0.4) is 0 Å². The first-order valence-corrected chi connectivity index (χ1v) is 22.3. The van der Waals surface area contributed by atoms with Gasteiger partial charge in [-0.25, -0.2) is 15.0 Å². The van der Waals surface area contributed by atoms with E-state index in [1.165, 1.54) is 4.90 Å². The number of carbonyl (C=O) groups excluding carboxylic acids is 2. The monoisotopic (exact) mass is 870 g/mol. The number of anilines is 2. The van der Waals surface area contributed by atoms with Crippen LogP contribution in [0.5, 0.6) is 5.75 Å². The van der Waals surface area contributed by atoms with Crippen molar-refractivity contribution in [3.63, 3.8) is 0 Å². The van der Waals surface area contributed by atoms with Crippen molar-refractivity contribution in [1.82, 2.24) is 40.5 Å². The van der Waals surface area contributed by atoms with Gasteiger partial charge in [0.2, 0.25) is 17.8 Å². The second-order valence-corrected chi connectivity index (χ2v) is 18.1. The van der Waals surface area contributed by atoms with Crippen LogP contribution in [0.15, 0.2) is 89.2 Å². The zero-order valence-corrected chi connectivity index (χ0v) is 36.3. The molecule has 2 aliphatic heterocycles. The van der Waals surface area contributed by atoms with Crippen LogP contribution >= 0.6 is 22.7 Å². The van der Waals surface area contributed by atoms with Gasteiger partial charge in [0.15, 0.2) is 0 Å². The largest absolute Gasteiger partial charge is 0.507 e. The summed E-state index contributed by atoms with van der Waals surface area (Å²) in [5.74, 6) is -0.402. The van der Waals surface area contributed by atoms with E-state index in [1.54, 1.807) is 53.3 Å². The molecule has 2 aliphatic rings. The summed E-state index contributed by atoms with van der Waals surface area (Å²) in [6.45, 7) is 10.8. The van der Waals surface area contributed by atoms with Gasteiger partial charge < -0.3 is 34.8 Å². The van der Waals surface area contributed by atoms with Gasteiger partial charge in [-0.3, -0.25) is 9.59 Å². The number of nitrogens with one attached hydrogen (secondary N) is 1. The number of phenolic OH excluding ortho intramolecular Hbond substituents is 1. The van der Waals surface area contributed by atoms with Gasteiger partial charge >= 0.3 is 0 Å². The SMILES string of the molecule is Cc1ncsc1-c1ccc([C@H](C)NC(=O)[C@@H]2C[C@@H](O)CN2C(=O)C(c2cc(-c3cnc(N4CCN(c5cc6nnc(-c7ccccc7O)cc6s5)CC4)nc3)no2)C(C)C)cc1. The van der Waals surface area contributed by atoms with E-state index in [0.29, 0.717) is 34.2 Å². The van der Waals surface area contributed by atoms with Crippen LogP contribution in [0, 0.1) is 12.8 Å². The molecule has 0 radical (unpaired) electrons. The van der Waals surface area contributed by atoms with E-state index >= 15 is 0 Å². The van der Waals surface area contributed by atoms with E-state index in [4.69, 9.17) is 4.52 Å². The fourth-order valence-corrected chi connectivity index (χ4v) is 10.1. The molecule has 7 aromatic rings. The fraction of sp³-hybridized carbons (Fsp3) is 0.333. The molecule has 0 spiro atoms. The van der Waals surface area contributed by atoms with Crippen LogP contribution in [0.4, 0.5) is 10.9 Å². The molecule has 1 unspecified atom stereocenters. The first-order valence-electron chi connectivity index (χ1n) is 20.6. The third-order valence-corrected chi connectivity index (χ3v) is 13.8. The number of β-amino-alcohol motifs (C(OH)–C–C–N with tert-alkyl or cyclic N) is 1. The molecule has 5 aromatic heterocycles. The first-order chi connectivity index (χ1) is 30.0. The second kappa shape index (κ2) is 17.2. The highest BCUT2D eigenvalue weighted by atomic mass is 32.1. The summed E-state index contributed by atoms with van der Waals surface area (Å²) in [5, 5.41) is 38.3. The molecule has 318 valence electrons. The number of rotatable bonds is 11. The molecule has 2 fully saturated rings. The predicted octanol–water partition coefficient (Wildman–Crippen LogP) is 6.85. The van der Waals surface area contributed by atoms with Crippen molar-refractivity contribution in [3.05, 3.63) is 102 Å². The molecule has 2 aromatic carbocycles. The second-order valence-electron chi connectivity index (χ2n) is 16.2. The van der Waals surface area contributed by atoms with Gasteiger partial charge in [0.05, 0.1) is 43.6 Å². The predicted molar refractivity (Wildman–Crippen MR) is 239 cm³/mol. The number of phenols is 1. The number of carbonyl (C=O) groups is 2. The Bertz CT molecular complexity index is 2710. The van der Waals surface area contributed by atoms with E-state index in [9.17, 15) is 19.8 Å². The van der Waals surface area contributed by atoms with Gasteiger partial charge in [0.25, 0.3) is 0 Å². The Morgan fingerprint density at radius 3 is 2.34 bits per heavy atom. The molecular weight excluding hydrogens is 825 g/mol. The number of piperazine rings is 1. The van der Waals surface area contributed by atoms with E-state index in [2.05, 4.69) is 51.5 Å². The van der Waals surface area contributed by atoms with Crippen molar-refractivity contribution >= 4 is 55.7 Å². The lowest BCUT2D eigenvalue weighted by molar-refractivity contribution is -0.141. The van der Waals surface area contributed by atoms with Crippen molar-refractivity contribution in [2.24, 2.45) is 5.92 Å². The Kier molecular flexibility index (Phi) is 11.4. The average Bonchev–Trinajstić information content (AvgIpc) is 4.11. The van der Waals surface area contributed by atoms with Gasteiger partial charge in [-0.05, 0) is 49.1 Å². The van der Waals surface area contributed by atoms with Crippen LogP contribution in [-0.2, 0) is 9.59 Å². The Hall–Kier alpha value is -6.30. The molecule has 0 aliphatic carbocycles. The van der Waals surface area contributed by atoms with E-state index in [-0.39, 0.29) is 42.5 Å². The Morgan fingerprint density at radius 1 is 0.887 bits per heavy atom. The summed E-state index contributed by atoms with van der Waals surface area (Å²) >= 11 is 3.24. The zero-order valence-electron chi connectivity index (χ0n) is 34.7. The third-order valence-electron chi connectivity index (χ3n) is 11.7. The topological polar surface area (TPSA) is 187 Å². The maximum atomic E-state index is 14.3. The van der Waals surface area contributed by atoms with Crippen molar-refractivity contribution < 1.29 is 24.3 Å². The number of aromatic nitrogens is 6. The molecule has 0 saturated carbocycles. The molecule has 4 atom stereocenters. The van der Waals surface area contributed by atoms with Crippen LogP contribution < -0.4 is 15.1 Å². The molecule has 17 heteroatoms. The number of fused-ring (bicyclic) bond motifs is 1. The number of hydrogen-bond acceptors (Lipinski definition) is 15. The number of benzene rings is 2. The minimum absolute atomic E-state index is 0.0441. The van der Waals surface area contributed by atoms with Crippen molar-refractivity contribution in [1.29, 1.82) is 0 Å². The minimum Gasteiger partial charge on any atom is -0.507 e. The summed E-state index contributed by atoms with van der Waals surface area (Å²) in [6.07, 6.45) is 2.73. The molecule has 15 nitrogen and oxygen atoms in total. The number of thiazole rings is 1. The number of nitrogens with zero attached hydrogens (tertiary/aromatic N) is 9. The molecular formula is C45H46N10O5S2. The number of aliphatic hydroxyl groups is 1. The summed E-state index contributed by atoms with van der Waals surface area (Å²) in [4.78, 5) is 48.8. The quantitative estimate of drug-likeness (QED) is 0.123. The van der Waals surface area contributed by atoms with Gasteiger partial charge in [-0.2, -0.15) is 0 Å². The molecule has 2 saturated heterocycles. The Morgan fingerprint density at radius 2 is 1.63 bits per heavy atom. The highest BCUT2D eigenvalue weighted by molar-refractivity contribution is 7.22. The van der Waals surface area contributed by atoms with Crippen molar-refractivity contribution in [2.45, 2.75) is 58.2 Å². The Balaban J connectivity index is 0.824. The molecule has 2 amide bonds. The number of para-hydroxylation sites is 1. The van der Waals surface area contributed by atoms with Crippen LogP contribution in [0.25, 0.3) is 43.2 Å². The number of thiophene rings is 1. The van der Waals surface area contributed by atoms with Crippen molar-refractivity contribution in [2.75, 3.05) is 42.5 Å². The first kappa shape index (κ1) is 41.1. The molecule has 9 rings (SSSR count).